The number of carbonyl (C=O) groups is 1. The van der Waals surface area contributed by atoms with Gasteiger partial charge in [-0.25, -0.2) is 16.8 Å². The summed E-state index contributed by atoms with van der Waals surface area (Å²) >= 11 is 0. The predicted octanol–water partition coefficient (Wildman–Crippen LogP) is 1.13. The Morgan fingerprint density at radius 2 is 1.87 bits per heavy atom. The number of nitrogens with one attached hydrogen (secondary N) is 1. The van der Waals surface area contributed by atoms with Crippen LogP contribution in [0.15, 0.2) is 35.4 Å². The first-order chi connectivity index (χ1) is 14.2. The molecule has 15 heteroatoms. The number of nitrogens with zero attached hydrogens (tertiary/aromatic N) is 3. The highest BCUT2D eigenvalue weighted by Gasteiger charge is 2.46. The van der Waals surface area contributed by atoms with Crippen LogP contribution in [0, 0.1) is 17.2 Å². The lowest BCUT2D eigenvalue weighted by Gasteiger charge is -2.12. The Hall–Kier alpha value is -3.12. The van der Waals surface area contributed by atoms with Crippen molar-refractivity contribution in [3.05, 3.63) is 36.0 Å². The summed E-state index contributed by atoms with van der Waals surface area (Å²) in [5, 5.41) is 15.9. The zero-order valence-corrected chi connectivity index (χ0v) is 17.0. The molecule has 1 fully saturated rings. The fourth-order valence-corrected chi connectivity index (χ4v) is 5.68. The first-order valence-electron chi connectivity index (χ1n) is 8.42. The molecule has 1 aromatic carbocycles. The Bertz CT molecular complexity index is 1280. The SMILES string of the molecule is N#C[C@H]1CS(=O)(=O)C[C@@H]1n1cc(C(N)=O)c(Nc2ccc(S(=O)(=O)C(F)(F)F)cc2)n1. The summed E-state index contributed by atoms with van der Waals surface area (Å²) in [6, 6.07) is 4.53. The van der Waals surface area contributed by atoms with Crippen LogP contribution in [0.1, 0.15) is 16.4 Å². The van der Waals surface area contributed by atoms with Crippen LogP contribution >= 0.6 is 0 Å². The largest absolute Gasteiger partial charge is 0.501 e. The molecule has 2 aromatic rings. The van der Waals surface area contributed by atoms with Gasteiger partial charge in [-0.15, -0.1) is 0 Å². The number of alkyl halides is 3. The standard InChI is InChI=1S/C16H14F3N5O5S2/c17-16(18,19)31(28,29)11-3-1-10(2-4-11)22-15-12(14(21)25)6-24(23-15)13-8-30(26,27)7-9(13)5-20/h1-4,6,9,13H,7-8H2,(H2,21,25)(H,22,23)/t9-,13-/m0/s1. The number of sulfone groups is 2. The van der Waals surface area contributed by atoms with Crippen LogP contribution < -0.4 is 11.1 Å². The molecule has 0 aliphatic carbocycles. The summed E-state index contributed by atoms with van der Waals surface area (Å²) in [6.45, 7) is 0. The number of aromatic nitrogens is 2. The van der Waals surface area contributed by atoms with E-state index in [1.165, 1.54) is 6.20 Å². The van der Waals surface area contributed by atoms with E-state index in [1.807, 2.05) is 6.07 Å². The van der Waals surface area contributed by atoms with Crippen molar-refractivity contribution in [2.45, 2.75) is 16.4 Å². The van der Waals surface area contributed by atoms with Gasteiger partial charge in [0.05, 0.1) is 34.4 Å². The number of hydrogen-bond acceptors (Lipinski definition) is 8. The third-order valence-corrected chi connectivity index (χ3v) is 7.78. The van der Waals surface area contributed by atoms with Crippen molar-refractivity contribution in [1.82, 2.24) is 9.78 Å². The fraction of sp³-hybridized carbons (Fsp3) is 0.312. The number of halogens is 3. The maximum absolute atomic E-state index is 12.6. The first-order valence-corrected chi connectivity index (χ1v) is 11.7. The highest BCUT2D eigenvalue weighted by atomic mass is 32.2. The molecule has 1 aliphatic rings. The normalized spacial score (nSPS) is 20.8. The van der Waals surface area contributed by atoms with Crippen LogP contribution in [0.3, 0.4) is 0 Å². The number of rotatable bonds is 5. The average Bonchev–Trinajstić information content (AvgIpc) is 3.21. The van der Waals surface area contributed by atoms with Gasteiger partial charge in [-0.3, -0.25) is 9.48 Å². The number of anilines is 2. The molecule has 2 atom stereocenters. The molecule has 1 amide bonds. The number of carbonyl (C=O) groups excluding carboxylic acids is 1. The lowest BCUT2D eigenvalue weighted by atomic mass is 10.1. The molecule has 10 nitrogen and oxygen atoms in total. The number of nitriles is 1. The van der Waals surface area contributed by atoms with E-state index in [0.29, 0.717) is 0 Å². The van der Waals surface area contributed by atoms with Gasteiger partial charge in [0.1, 0.15) is 5.56 Å². The number of amides is 1. The summed E-state index contributed by atoms with van der Waals surface area (Å²) in [5.74, 6) is -2.70. The second kappa shape index (κ2) is 7.54. The van der Waals surface area contributed by atoms with E-state index in [0.717, 1.165) is 28.9 Å². The van der Waals surface area contributed by atoms with Gasteiger partial charge in [0.15, 0.2) is 15.7 Å². The van der Waals surface area contributed by atoms with Crippen molar-refractivity contribution in [2.24, 2.45) is 11.7 Å². The van der Waals surface area contributed by atoms with Crippen molar-refractivity contribution in [1.29, 1.82) is 5.26 Å². The van der Waals surface area contributed by atoms with Crippen LogP contribution in [0.2, 0.25) is 0 Å². The molecule has 3 N–H and O–H groups in total. The van der Waals surface area contributed by atoms with E-state index >= 15 is 0 Å². The van der Waals surface area contributed by atoms with Crippen LogP contribution in [-0.4, -0.2) is 49.5 Å². The van der Waals surface area contributed by atoms with Gasteiger partial charge in [0.2, 0.25) is 0 Å². The summed E-state index contributed by atoms with van der Waals surface area (Å²) in [6.07, 6.45) is 1.17. The molecule has 0 radical (unpaired) electrons. The van der Waals surface area contributed by atoms with Crippen LogP contribution in [0.5, 0.6) is 0 Å². The fourth-order valence-electron chi connectivity index (χ4n) is 3.03. The summed E-state index contributed by atoms with van der Waals surface area (Å²) in [5.41, 5.74) is -0.221. The Morgan fingerprint density at radius 1 is 1.26 bits per heavy atom. The first kappa shape index (κ1) is 22.6. The maximum atomic E-state index is 12.6. The molecule has 0 unspecified atom stereocenters. The van der Waals surface area contributed by atoms with Gasteiger partial charge in [-0.05, 0) is 24.3 Å². The number of primary amides is 1. The molecule has 166 valence electrons. The topological polar surface area (TPSA) is 165 Å². The van der Waals surface area contributed by atoms with Crippen molar-refractivity contribution in [2.75, 3.05) is 16.8 Å². The van der Waals surface area contributed by atoms with Gasteiger partial charge in [-0.1, -0.05) is 0 Å². The zero-order chi connectivity index (χ0) is 23.2. The molecule has 0 bridgehead atoms. The molecule has 1 saturated heterocycles. The van der Waals surface area contributed by atoms with Crippen LogP contribution in [-0.2, 0) is 19.7 Å². The number of hydrogen-bond donors (Lipinski definition) is 2. The van der Waals surface area contributed by atoms with Gasteiger partial charge in [0, 0.05) is 11.9 Å². The highest BCUT2D eigenvalue weighted by molar-refractivity contribution is 7.92. The lowest BCUT2D eigenvalue weighted by molar-refractivity contribution is -0.0436. The third-order valence-electron chi connectivity index (χ3n) is 4.56. The molecule has 31 heavy (non-hydrogen) atoms. The second-order valence-corrected chi connectivity index (χ2v) is 10.8. The molecular formula is C16H14F3N5O5S2. The number of benzene rings is 1. The van der Waals surface area contributed by atoms with Crippen molar-refractivity contribution >= 4 is 37.1 Å². The maximum Gasteiger partial charge on any atom is 0.501 e. The Balaban J connectivity index is 1.92. The van der Waals surface area contributed by atoms with Crippen molar-refractivity contribution in [3.63, 3.8) is 0 Å². The summed E-state index contributed by atoms with van der Waals surface area (Å²) in [7, 11) is -9.01. The Morgan fingerprint density at radius 3 is 2.39 bits per heavy atom. The van der Waals surface area contributed by atoms with E-state index in [1.54, 1.807) is 0 Å². The average molecular weight is 477 g/mol. The number of nitrogens with two attached hydrogens (primary N) is 1. The van der Waals surface area contributed by atoms with Crippen LogP contribution in [0.4, 0.5) is 24.7 Å². The van der Waals surface area contributed by atoms with E-state index in [9.17, 15) is 40.1 Å². The van der Waals surface area contributed by atoms with Gasteiger partial charge < -0.3 is 11.1 Å². The second-order valence-electron chi connectivity index (χ2n) is 6.71. The third kappa shape index (κ3) is 4.35. The molecular weight excluding hydrogens is 463 g/mol. The van der Waals surface area contributed by atoms with Gasteiger partial charge in [0.25, 0.3) is 15.7 Å². The highest BCUT2D eigenvalue weighted by Crippen LogP contribution is 2.33. The molecule has 2 heterocycles. The molecule has 0 saturated carbocycles. The minimum Gasteiger partial charge on any atom is -0.365 e. The quantitative estimate of drug-likeness (QED) is 0.647. The zero-order valence-electron chi connectivity index (χ0n) is 15.4. The Labute approximate surface area is 174 Å². The van der Waals surface area contributed by atoms with E-state index in [2.05, 4.69) is 10.4 Å². The smallest absolute Gasteiger partial charge is 0.365 e. The lowest BCUT2D eigenvalue weighted by Crippen LogP contribution is -2.23. The van der Waals surface area contributed by atoms with Crippen molar-refractivity contribution < 1.29 is 34.8 Å². The minimum absolute atomic E-state index is 0.0877. The Kier molecular flexibility index (Phi) is 5.48. The van der Waals surface area contributed by atoms with Crippen molar-refractivity contribution in [3.8, 4) is 6.07 Å². The minimum atomic E-state index is -5.52. The predicted molar refractivity (Wildman–Crippen MR) is 101 cm³/mol. The molecule has 1 aliphatic heterocycles. The molecule has 0 spiro atoms. The van der Waals surface area contributed by atoms with E-state index < -0.39 is 47.9 Å². The van der Waals surface area contributed by atoms with Crippen LogP contribution in [0.25, 0.3) is 0 Å². The summed E-state index contributed by atoms with van der Waals surface area (Å²) in [4.78, 5) is 10.8. The van der Waals surface area contributed by atoms with E-state index in [-0.39, 0.29) is 28.6 Å². The van der Waals surface area contributed by atoms with Gasteiger partial charge in [-0.2, -0.15) is 23.5 Å². The summed E-state index contributed by atoms with van der Waals surface area (Å²) < 4.78 is 85.6. The molecule has 3 rings (SSSR count). The van der Waals surface area contributed by atoms with Gasteiger partial charge >= 0.3 is 5.51 Å². The van der Waals surface area contributed by atoms with E-state index in [4.69, 9.17) is 5.73 Å². The monoisotopic (exact) mass is 477 g/mol. The molecule has 1 aromatic heterocycles.